The summed E-state index contributed by atoms with van der Waals surface area (Å²) in [6, 6.07) is 19.2. The third-order valence-corrected chi connectivity index (χ3v) is 5.57. The zero-order chi connectivity index (χ0) is 20.9. The van der Waals surface area contributed by atoms with Crippen LogP contribution in [0.3, 0.4) is 0 Å². The highest BCUT2D eigenvalue weighted by Gasteiger charge is 2.30. The molecule has 1 aliphatic rings. The van der Waals surface area contributed by atoms with Gasteiger partial charge in [-0.1, -0.05) is 53.7 Å². The molecule has 6 heteroatoms. The van der Waals surface area contributed by atoms with E-state index in [-0.39, 0.29) is 5.91 Å². The van der Waals surface area contributed by atoms with Crippen molar-refractivity contribution in [2.45, 2.75) is 26.5 Å². The van der Waals surface area contributed by atoms with Crippen LogP contribution in [-0.2, 0) is 11.3 Å². The number of hydrogen-bond acceptors (Lipinski definition) is 5. The van der Waals surface area contributed by atoms with Crippen molar-refractivity contribution >= 4 is 5.91 Å². The summed E-state index contributed by atoms with van der Waals surface area (Å²) in [6.07, 6.45) is -0.650. The molecular weight excluding hydrogens is 378 g/mol. The van der Waals surface area contributed by atoms with Gasteiger partial charge in [-0.3, -0.25) is 9.69 Å². The van der Waals surface area contributed by atoms with E-state index in [1.807, 2.05) is 79.4 Å². The summed E-state index contributed by atoms with van der Waals surface area (Å²) in [5.41, 5.74) is 2.94. The molecule has 0 saturated carbocycles. The fraction of sp³-hybridized carbons (Fsp3) is 0.333. The minimum atomic E-state index is -0.650. The SMILES string of the molecule is Cc1noc(C)c1CN1CCN(C(=O)C(Oc2ccccc2)c2ccccc2)CC1. The van der Waals surface area contributed by atoms with Crippen molar-refractivity contribution in [2.75, 3.05) is 26.2 Å². The quantitative estimate of drug-likeness (QED) is 0.625. The first-order chi connectivity index (χ1) is 14.6. The van der Waals surface area contributed by atoms with Crippen LogP contribution in [-0.4, -0.2) is 47.0 Å². The van der Waals surface area contributed by atoms with E-state index >= 15 is 0 Å². The Morgan fingerprint density at radius 2 is 1.63 bits per heavy atom. The highest BCUT2D eigenvalue weighted by atomic mass is 16.5. The second kappa shape index (κ2) is 9.13. The van der Waals surface area contributed by atoms with Gasteiger partial charge in [0.15, 0.2) is 0 Å². The molecular formula is C24H27N3O3. The number of para-hydroxylation sites is 1. The number of piperazine rings is 1. The maximum atomic E-state index is 13.4. The summed E-state index contributed by atoms with van der Waals surface area (Å²) in [7, 11) is 0. The van der Waals surface area contributed by atoms with Crippen LogP contribution in [0.25, 0.3) is 0 Å². The van der Waals surface area contributed by atoms with E-state index in [0.717, 1.165) is 42.2 Å². The van der Waals surface area contributed by atoms with Crippen LogP contribution in [0.5, 0.6) is 5.75 Å². The largest absolute Gasteiger partial charge is 0.476 e. The number of aromatic nitrogens is 1. The number of nitrogens with zero attached hydrogens (tertiary/aromatic N) is 3. The molecule has 4 rings (SSSR count). The second-order valence-corrected chi connectivity index (χ2v) is 7.63. The molecule has 1 aromatic heterocycles. The Bertz CT molecular complexity index is 944. The Balaban J connectivity index is 1.43. The van der Waals surface area contributed by atoms with Crippen molar-refractivity contribution in [3.63, 3.8) is 0 Å². The highest BCUT2D eigenvalue weighted by Crippen LogP contribution is 2.25. The van der Waals surface area contributed by atoms with Gasteiger partial charge < -0.3 is 14.2 Å². The third kappa shape index (κ3) is 4.54. The molecule has 2 heterocycles. The zero-order valence-corrected chi connectivity index (χ0v) is 17.5. The Kier molecular flexibility index (Phi) is 6.14. The molecule has 1 aliphatic heterocycles. The number of carbonyl (C=O) groups is 1. The average Bonchev–Trinajstić information content (AvgIpc) is 3.11. The molecule has 1 unspecified atom stereocenters. The number of hydrogen-bond donors (Lipinski definition) is 0. The van der Waals surface area contributed by atoms with Gasteiger partial charge in [0.25, 0.3) is 5.91 Å². The second-order valence-electron chi connectivity index (χ2n) is 7.63. The topological polar surface area (TPSA) is 58.8 Å². The fourth-order valence-corrected chi connectivity index (χ4v) is 3.77. The van der Waals surface area contributed by atoms with Gasteiger partial charge in [0.1, 0.15) is 11.5 Å². The number of amides is 1. The van der Waals surface area contributed by atoms with Gasteiger partial charge >= 0.3 is 0 Å². The maximum absolute atomic E-state index is 13.4. The number of rotatable bonds is 6. The van der Waals surface area contributed by atoms with Crippen molar-refractivity contribution in [2.24, 2.45) is 0 Å². The van der Waals surface area contributed by atoms with E-state index in [0.29, 0.717) is 18.8 Å². The molecule has 1 amide bonds. The molecule has 1 atom stereocenters. The van der Waals surface area contributed by atoms with Crippen LogP contribution in [0, 0.1) is 13.8 Å². The van der Waals surface area contributed by atoms with Crippen molar-refractivity contribution in [3.8, 4) is 5.75 Å². The average molecular weight is 405 g/mol. The number of carbonyl (C=O) groups excluding carboxylic acids is 1. The third-order valence-electron chi connectivity index (χ3n) is 5.57. The van der Waals surface area contributed by atoms with Crippen LogP contribution in [0.1, 0.15) is 28.7 Å². The van der Waals surface area contributed by atoms with Crippen LogP contribution in [0.2, 0.25) is 0 Å². The van der Waals surface area contributed by atoms with Crippen LogP contribution >= 0.6 is 0 Å². The molecule has 3 aromatic rings. The summed E-state index contributed by atoms with van der Waals surface area (Å²) < 4.78 is 11.4. The number of benzene rings is 2. The van der Waals surface area contributed by atoms with E-state index in [1.165, 1.54) is 0 Å². The molecule has 0 spiro atoms. The smallest absolute Gasteiger partial charge is 0.268 e. The Morgan fingerprint density at radius 3 is 2.23 bits per heavy atom. The van der Waals surface area contributed by atoms with Gasteiger partial charge in [-0.05, 0) is 26.0 Å². The molecule has 0 aliphatic carbocycles. The van der Waals surface area contributed by atoms with Gasteiger partial charge in [-0.15, -0.1) is 0 Å². The van der Waals surface area contributed by atoms with E-state index in [1.54, 1.807) is 0 Å². The van der Waals surface area contributed by atoms with E-state index < -0.39 is 6.10 Å². The monoisotopic (exact) mass is 405 g/mol. The summed E-state index contributed by atoms with van der Waals surface area (Å²) in [5, 5.41) is 4.04. The Morgan fingerprint density at radius 1 is 1.00 bits per heavy atom. The van der Waals surface area contributed by atoms with Gasteiger partial charge in [0.2, 0.25) is 6.10 Å². The standard InChI is InChI=1S/C24H27N3O3/c1-18-22(19(2)30-25-18)17-26-13-15-27(16-14-26)24(28)23(20-9-5-3-6-10-20)29-21-11-7-4-8-12-21/h3-12,23H,13-17H2,1-2H3. The molecule has 30 heavy (non-hydrogen) atoms. The van der Waals surface area contributed by atoms with Crippen LogP contribution in [0.15, 0.2) is 65.2 Å². The first-order valence-electron chi connectivity index (χ1n) is 10.3. The summed E-state index contributed by atoms with van der Waals surface area (Å²) in [4.78, 5) is 17.6. The number of ether oxygens (including phenoxy) is 1. The molecule has 1 saturated heterocycles. The lowest BCUT2D eigenvalue weighted by Gasteiger charge is -2.36. The van der Waals surface area contributed by atoms with Gasteiger partial charge in [-0.2, -0.15) is 0 Å². The van der Waals surface area contributed by atoms with Crippen LogP contribution in [0.4, 0.5) is 0 Å². The lowest BCUT2D eigenvalue weighted by molar-refractivity contribution is -0.141. The maximum Gasteiger partial charge on any atom is 0.268 e. The Labute approximate surface area is 177 Å². The zero-order valence-electron chi connectivity index (χ0n) is 17.5. The molecule has 2 aromatic carbocycles. The first kappa shape index (κ1) is 20.2. The number of aryl methyl sites for hydroxylation is 2. The van der Waals surface area contributed by atoms with Crippen molar-refractivity contribution < 1.29 is 14.1 Å². The fourth-order valence-electron chi connectivity index (χ4n) is 3.77. The highest BCUT2D eigenvalue weighted by molar-refractivity contribution is 5.83. The molecule has 0 N–H and O–H groups in total. The van der Waals surface area contributed by atoms with E-state index in [2.05, 4.69) is 10.1 Å². The van der Waals surface area contributed by atoms with Crippen molar-refractivity contribution in [1.82, 2.24) is 15.0 Å². The molecule has 156 valence electrons. The van der Waals surface area contributed by atoms with Gasteiger partial charge in [-0.25, -0.2) is 0 Å². The van der Waals surface area contributed by atoms with E-state index in [9.17, 15) is 4.79 Å². The van der Waals surface area contributed by atoms with Crippen molar-refractivity contribution in [3.05, 3.63) is 83.2 Å². The van der Waals surface area contributed by atoms with Crippen molar-refractivity contribution in [1.29, 1.82) is 0 Å². The van der Waals surface area contributed by atoms with E-state index in [4.69, 9.17) is 9.26 Å². The summed E-state index contributed by atoms with van der Waals surface area (Å²) in [5.74, 6) is 1.56. The minimum Gasteiger partial charge on any atom is -0.476 e. The summed E-state index contributed by atoms with van der Waals surface area (Å²) in [6.45, 7) is 7.67. The first-order valence-corrected chi connectivity index (χ1v) is 10.3. The van der Waals surface area contributed by atoms with Gasteiger partial charge in [0.05, 0.1) is 5.69 Å². The normalized spacial score (nSPS) is 15.7. The lowest BCUT2D eigenvalue weighted by atomic mass is 10.1. The van der Waals surface area contributed by atoms with Gasteiger partial charge in [0, 0.05) is 43.9 Å². The lowest BCUT2D eigenvalue weighted by Crippen LogP contribution is -2.50. The predicted octanol–water partition coefficient (Wildman–Crippen LogP) is 3.76. The summed E-state index contributed by atoms with van der Waals surface area (Å²) >= 11 is 0. The predicted molar refractivity (Wildman–Crippen MR) is 114 cm³/mol. The molecule has 0 radical (unpaired) electrons. The molecule has 1 fully saturated rings. The Hall–Kier alpha value is -3.12. The van der Waals surface area contributed by atoms with Crippen LogP contribution < -0.4 is 4.74 Å². The molecule has 0 bridgehead atoms. The minimum absolute atomic E-state index is 0.00189. The molecule has 6 nitrogen and oxygen atoms in total.